The lowest BCUT2D eigenvalue weighted by atomic mass is 9.90. The summed E-state index contributed by atoms with van der Waals surface area (Å²) in [6.07, 6.45) is 7.15. The summed E-state index contributed by atoms with van der Waals surface area (Å²) in [7, 11) is 0. The van der Waals surface area contributed by atoms with Crippen LogP contribution in [0.15, 0.2) is 47.5 Å². The summed E-state index contributed by atoms with van der Waals surface area (Å²) < 4.78 is 16.8. The number of carbonyl (C=O) groups is 2. The first-order valence-electron chi connectivity index (χ1n) is 12.8. The second-order valence-electron chi connectivity index (χ2n) is 10.2. The van der Waals surface area contributed by atoms with Crippen LogP contribution in [0.2, 0.25) is 0 Å². The smallest absolute Gasteiger partial charge is 0.333 e. The number of benzene rings is 1. The molecular formula is C27H31FN6O3. The summed E-state index contributed by atoms with van der Waals surface area (Å²) in [6, 6.07) is 7.66. The van der Waals surface area contributed by atoms with Crippen LogP contribution in [0, 0.1) is 11.7 Å². The number of likely N-dealkylation sites (tertiary alicyclic amines) is 1. The Bertz CT molecular complexity index is 1340. The molecule has 1 saturated heterocycles. The van der Waals surface area contributed by atoms with Gasteiger partial charge in [-0.3, -0.25) is 23.6 Å². The van der Waals surface area contributed by atoms with Gasteiger partial charge in [0.2, 0.25) is 17.8 Å². The van der Waals surface area contributed by atoms with E-state index in [4.69, 9.17) is 4.98 Å². The Morgan fingerprint density at radius 1 is 1.00 bits per heavy atom. The molecule has 5 rings (SSSR count). The lowest BCUT2D eigenvalue weighted by Crippen LogP contribution is -2.43. The van der Waals surface area contributed by atoms with Crippen molar-refractivity contribution in [2.75, 3.05) is 5.32 Å². The number of aromatic nitrogens is 4. The Kier molecular flexibility index (Phi) is 6.90. The number of hydrogen-bond donors (Lipinski definition) is 1. The molecule has 0 bridgehead atoms. The van der Waals surface area contributed by atoms with Crippen LogP contribution in [-0.2, 0) is 16.1 Å². The number of carbonyl (C=O) groups excluding carboxylic acids is 2. The molecule has 1 saturated carbocycles. The first kappa shape index (κ1) is 24.9. The first-order chi connectivity index (χ1) is 17.8. The Labute approximate surface area is 214 Å². The zero-order chi connectivity index (χ0) is 26.1. The SMILES string of the molecule is CC(C)Cn1cc(-c2ccnc(N[C@H]3CC[C@H](N4C(=O)CCC4=O)CC3)n2)n(-c2ccc(F)cc2)c1=O. The standard InChI is InChI=1S/C27H31FN6O3/c1-17(2)15-32-16-23(33(27(32)37)20-7-3-18(28)4-8-20)22-13-14-29-26(31-22)30-19-5-9-21(10-6-19)34-24(35)11-12-25(34)36/h3-4,7-8,13-14,16-17,19,21H,5-6,9-12,15H2,1-2H3,(H,29,30,31)/t19-,21-. The van der Waals surface area contributed by atoms with Gasteiger partial charge in [0, 0.05) is 43.9 Å². The fraction of sp³-hybridized carbons (Fsp3) is 0.444. The monoisotopic (exact) mass is 506 g/mol. The summed E-state index contributed by atoms with van der Waals surface area (Å²) in [4.78, 5) is 48.0. The van der Waals surface area contributed by atoms with Crippen LogP contribution >= 0.6 is 0 Å². The van der Waals surface area contributed by atoms with Crippen LogP contribution in [0.25, 0.3) is 17.1 Å². The van der Waals surface area contributed by atoms with E-state index in [1.54, 1.807) is 39.7 Å². The molecular weight excluding hydrogens is 475 g/mol. The van der Waals surface area contributed by atoms with Crippen molar-refractivity contribution in [1.29, 1.82) is 0 Å². The number of anilines is 1. The minimum Gasteiger partial charge on any atom is -0.351 e. The Morgan fingerprint density at radius 2 is 1.68 bits per heavy atom. The highest BCUT2D eigenvalue weighted by molar-refractivity contribution is 6.02. The zero-order valence-electron chi connectivity index (χ0n) is 21.1. The summed E-state index contributed by atoms with van der Waals surface area (Å²) >= 11 is 0. The number of nitrogens with one attached hydrogen (secondary N) is 1. The van der Waals surface area contributed by atoms with Gasteiger partial charge in [0.05, 0.1) is 17.1 Å². The molecule has 0 spiro atoms. The largest absolute Gasteiger partial charge is 0.351 e. The quantitative estimate of drug-likeness (QED) is 0.490. The number of amides is 2. The lowest BCUT2D eigenvalue weighted by molar-refractivity contribution is -0.141. The molecule has 1 N–H and O–H groups in total. The van der Waals surface area contributed by atoms with Crippen molar-refractivity contribution < 1.29 is 14.0 Å². The molecule has 2 aromatic heterocycles. The van der Waals surface area contributed by atoms with E-state index in [0.717, 1.165) is 25.7 Å². The maximum absolute atomic E-state index is 13.6. The highest BCUT2D eigenvalue weighted by Crippen LogP contribution is 2.29. The molecule has 10 heteroatoms. The van der Waals surface area contributed by atoms with E-state index < -0.39 is 0 Å². The number of imidazole rings is 1. The molecule has 3 heterocycles. The molecule has 1 aromatic carbocycles. The minimum absolute atomic E-state index is 0.0290. The number of nitrogens with zero attached hydrogens (tertiary/aromatic N) is 5. The van der Waals surface area contributed by atoms with Gasteiger partial charge in [0.1, 0.15) is 5.82 Å². The van der Waals surface area contributed by atoms with E-state index in [2.05, 4.69) is 10.3 Å². The van der Waals surface area contributed by atoms with Crippen LogP contribution in [0.1, 0.15) is 52.4 Å². The normalized spacial score (nSPS) is 20.2. The third-order valence-electron chi connectivity index (χ3n) is 7.01. The van der Waals surface area contributed by atoms with Crippen LogP contribution in [-0.4, -0.2) is 47.9 Å². The second kappa shape index (κ2) is 10.3. The van der Waals surface area contributed by atoms with Gasteiger partial charge < -0.3 is 5.32 Å². The fourth-order valence-corrected chi connectivity index (χ4v) is 5.27. The zero-order valence-corrected chi connectivity index (χ0v) is 21.1. The molecule has 0 radical (unpaired) electrons. The summed E-state index contributed by atoms with van der Waals surface area (Å²) in [6.45, 7) is 4.62. The second-order valence-corrected chi connectivity index (χ2v) is 10.2. The van der Waals surface area contributed by atoms with Gasteiger partial charge in [0.25, 0.3) is 0 Å². The maximum atomic E-state index is 13.6. The Balaban J connectivity index is 1.37. The van der Waals surface area contributed by atoms with E-state index in [-0.39, 0.29) is 41.3 Å². The van der Waals surface area contributed by atoms with Gasteiger partial charge in [-0.1, -0.05) is 13.8 Å². The van der Waals surface area contributed by atoms with Crippen LogP contribution in [0.4, 0.5) is 10.3 Å². The van der Waals surface area contributed by atoms with Crippen molar-refractivity contribution in [2.24, 2.45) is 5.92 Å². The van der Waals surface area contributed by atoms with Crippen molar-refractivity contribution in [3.8, 4) is 17.1 Å². The van der Waals surface area contributed by atoms with Gasteiger partial charge >= 0.3 is 5.69 Å². The Morgan fingerprint density at radius 3 is 2.32 bits per heavy atom. The van der Waals surface area contributed by atoms with Gasteiger partial charge in [-0.25, -0.2) is 19.2 Å². The summed E-state index contributed by atoms with van der Waals surface area (Å²) in [5.41, 5.74) is 1.51. The number of imide groups is 1. The molecule has 1 aliphatic carbocycles. The highest BCUT2D eigenvalue weighted by atomic mass is 19.1. The van der Waals surface area contributed by atoms with Gasteiger partial charge in [-0.2, -0.15) is 0 Å². The molecule has 37 heavy (non-hydrogen) atoms. The van der Waals surface area contributed by atoms with E-state index >= 15 is 0 Å². The molecule has 0 unspecified atom stereocenters. The average molecular weight is 507 g/mol. The van der Waals surface area contributed by atoms with Crippen molar-refractivity contribution in [3.05, 3.63) is 59.0 Å². The first-order valence-corrected chi connectivity index (χ1v) is 12.8. The average Bonchev–Trinajstić information content (AvgIpc) is 3.38. The van der Waals surface area contributed by atoms with E-state index in [0.29, 0.717) is 42.4 Å². The van der Waals surface area contributed by atoms with Gasteiger partial charge in [0.15, 0.2) is 0 Å². The van der Waals surface area contributed by atoms with Crippen LogP contribution in [0.3, 0.4) is 0 Å². The molecule has 0 atom stereocenters. The number of rotatable bonds is 7. The fourth-order valence-electron chi connectivity index (χ4n) is 5.27. The number of halogens is 1. The maximum Gasteiger partial charge on any atom is 0.333 e. The van der Waals surface area contributed by atoms with Gasteiger partial charge in [-0.05, 0) is 61.9 Å². The Hall–Kier alpha value is -3.82. The third-order valence-corrected chi connectivity index (χ3v) is 7.01. The van der Waals surface area contributed by atoms with E-state index in [1.807, 2.05) is 13.8 Å². The topological polar surface area (TPSA) is 102 Å². The molecule has 9 nitrogen and oxygen atoms in total. The molecule has 194 valence electrons. The minimum atomic E-state index is -0.373. The number of hydrogen-bond acceptors (Lipinski definition) is 6. The predicted molar refractivity (Wildman–Crippen MR) is 137 cm³/mol. The van der Waals surface area contributed by atoms with E-state index in [9.17, 15) is 18.8 Å². The lowest BCUT2D eigenvalue weighted by Gasteiger charge is -2.33. The van der Waals surface area contributed by atoms with Gasteiger partial charge in [-0.15, -0.1) is 0 Å². The molecule has 3 aromatic rings. The van der Waals surface area contributed by atoms with Crippen molar-refractivity contribution in [1.82, 2.24) is 24.0 Å². The van der Waals surface area contributed by atoms with Crippen LogP contribution < -0.4 is 11.0 Å². The predicted octanol–water partition coefficient (Wildman–Crippen LogP) is 3.76. The third kappa shape index (κ3) is 5.19. The van der Waals surface area contributed by atoms with Crippen molar-refractivity contribution in [3.63, 3.8) is 0 Å². The summed E-state index contributed by atoms with van der Waals surface area (Å²) in [5.74, 6) is 0.215. The van der Waals surface area contributed by atoms with E-state index in [1.165, 1.54) is 17.0 Å². The van der Waals surface area contributed by atoms with Crippen molar-refractivity contribution >= 4 is 17.8 Å². The molecule has 2 fully saturated rings. The molecule has 2 amide bonds. The van der Waals surface area contributed by atoms with Crippen LogP contribution in [0.5, 0.6) is 0 Å². The highest BCUT2D eigenvalue weighted by Gasteiger charge is 2.37. The van der Waals surface area contributed by atoms with Crippen molar-refractivity contribution in [2.45, 2.75) is 71.0 Å². The molecule has 2 aliphatic rings. The summed E-state index contributed by atoms with van der Waals surface area (Å²) in [5, 5.41) is 3.39. The molecule has 1 aliphatic heterocycles.